The van der Waals surface area contributed by atoms with E-state index in [1.165, 1.54) is 26.4 Å². The molecular formula is C20H29N3O4. The predicted octanol–water partition coefficient (Wildman–Crippen LogP) is 2.50. The minimum atomic E-state index is -0.384. The number of hydrogen-bond donors (Lipinski definition) is 3. The van der Waals surface area contributed by atoms with Crippen molar-refractivity contribution >= 4 is 17.9 Å². The maximum atomic E-state index is 11.9. The lowest BCUT2D eigenvalue weighted by Crippen LogP contribution is -2.43. The molecule has 7 heteroatoms. The number of urea groups is 1. The van der Waals surface area contributed by atoms with E-state index in [2.05, 4.69) is 20.7 Å². The molecule has 1 aromatic carbocycles. The minimum Gasteiger partial charge on any atom is -0.465 e. The second-order valence-electron chi connectivity index (χ2n) is 6.80. The van der Waals surface area contributed by atoms with Crippen LogP contribution >= 0.6 is 0 Å². The van der Waals surface area contributed by atoms with Crippen LogP contribution in [0.5, 0.6) is 0 Å². The molecule has 0 unspecified atom stereocenters. The normalized spacial score (nSPS) is 14.3. The highest BCUT2D eigenvalue weighted by molar-refractivity contribution is 5.89. The number of esters is 1. The number of rotatable bonds is 8. The van der Waals surface area contributed by atoms with Crippen molar-refractivity contribution in [2.45, 2.75) is 57.5 Å². The van der Waals surface area contributed by atoms with Crippen LogP contribution in [0.15, 0.2) is 24.3 Å². The number of methoxy groups -OCH3 is 1. The molecule has 7 nitrogen and oxygen atoms in total. The van der Waals surface area contributed by atoms with Gasteiger partial charge in [-0.2, -0.15) is 0 Å². The largest absolute Gasteiger partial charge is 0.465 e. The number of carbonyl (C=O) groups excluding carboxylic acids is 3. The van der Waals surface area contributed by atoms with Gasteiger partial charge in [-0.3, -0.25) is 4.79 Å². The Morgan fingerprint density at radius 2 is 1.74 bits per heavy atom. The summed E-state index contributed by atoms with van der Waals surface area (Å²) in [6.07, 6.45) is 6.65. The van der Waals surface area contributed by atoms with Crippen LogP contribution < -0.4 is 16.0 Å². The third-order valence-corrected chi connectivity index (χ3v) is 4.67. The fraction of sp³-hybridized carbons (Fsp3) is 0.550. The lowest BCUT2D eigenvalue weighted by Gasteiger charge is -2.22. The van der Waals surface area contributed by atoms with Crippen LogP contribution in [0.1, 0.15) is 60.9 Å². The van der Waals surface area contributed by atoms with Crippen molar-refractivity contribution in [3.63, 3.8) is 0 Å². The topological polar surface area (TPSA) is 96.5 Å². The summed E-state index contributed by atoms with van der Waals surface area (Å²) in [7, 11) is 1.34. The first-order valence-corrected chi connectivity index (χ1v) is 9.57. The summed E-state index contributed by atoms with van der Waals surface area (Å²) in [5, 5.41) is 8.63. The van der Waals surface area contributed by atoms with E-state index in [4.69, 9.17) is 0 Å². The second-order valence-corrected chi connectivity index (χ2v) is 6.80. The third kappa shape index (κ3) is 7.68. The minimum absolute atomic E-state index is 0.0680. The molecule has 0 atom stereocenters. The Hall–Kier alpha value is -2.57. The highest BCUT2D eigenvalue weighted by atomic mass is 16.5. The van der Waals surface area contributed by atoms with E-state index in [9.17, 15) is 14.4 Å². The molecule has 0 radical (unpaired) electrons. The van der Waals surface area contributed by atoms with Crippen molar-refractivity contribution in [1.29, 1.82) is 0 Å². The van der Waals surface area contributed by atoms with Crippen LogP contribution in [0.2, 0.25) is 0 Å². The van der Waals surface area contributed by atoms with E-state index >= 15 is 0 Å². The standard InChI is InChI=1S/C20H29N3O4/c1-27-19(25)16-11-9-15(10-12-16)14-22-18(24)8-5-13-21-20(26)23-17-6-3-2-4-7-17/h9-12,17H,2-8,13-14H2,1H3,(H,22,24)(H2,21,23,26). The van der Waals surface area contributed by atoms with Gasteiger partial charge in [0.15, 0.2) is 0 Å². The summed E-state index contributed by atoms with van der Waals surface area (Å²) in [6.45, 7) is 0.871. The van der Waals surface area contributed by atoms with Crippen molar-refractivity contribution < 1.29 is 19.1 Å². The summed E-state index contributed by atoms with van der Waals surface area (Å²) in [4.78, 5) is 35.1. The average Bonchev–Trinajstić information content (AvgIpc) is 2.70. The Labute approximate surface area is 160 Å². The molecule has 1 saturated carbocycles. The molecule has 0 aliphatic heterocycles. The highest BCUT2D eigenvalue weighted by Gasteiger charge is 2.15. The number of ether oxygens (including phenoxy) is 1. The Kier molecular flexibility index (Phi) is 8.61. The SMILES string of the molecule is COC(=O)c1ccc(CNC(=O)CCCNC(=O)NC2CCCCC2)cc1. The van der Waals surface area contributed by atoms with Crippen LogP contribution in [0.25, 0.3) is 0 Å². The van der Waals surface area contributed by atoms with Crippen LogP contribution in [-0.4, -0.2) is 37.6 Å². The Balaban J connectivity index is 1.56. The van der Waals surface area contributed by atoms with Gasteiger partial charge in [-0.15, -0.1) is 0 Å². The van der Waals surface area contributed by atoms with Crippen molar-refractivity contribution in [3.8, 4) is 0 Å². The molecule has 1 aliphatic rings. The smallest absolute Gasteiger partial charge is 0.337 e. The fourth-order valence-corrected chi connectivity index (χ4v) is 3.10. The van der Waals surface area contributed by atoms with Gasteiger partial charge in [0.25, 0.3) is 0 Å². The van der Waals surface area contributed by atoms with Gasteiger partial charge >= 0.3 is 12.0 Å². The van der Waals surface area contributed by atoms with E-state index in [-0.39, 0.29) is 23.9 Å². The summed E-state index contributed by atoms with van der Waals surface area (Å²) in [6, 6.07) is 7.04. The average molecular weight is 375 g/mol. The number of carbonyl (C=O) groups is 3. The van der Waals surface area contributed by atoms with Gasteiger partial charge in [0.2, 0.25) is 5.91 Å². The van der Waals surface area contributed by atoms with Crippen LogP contribution in [0.4, 0.5) is 4.79 Å². The second kappa shape index (κ2) is 11.2. The van der Waals surface area contributed by atoms with Crippen molar-refractivity contribution in [2.75, 3.05) is 13.7 Å². The number of amides is 3. The lowest BCUT2D eigenvalue weighted by atomic mass is 9.96. The Bertz CT molecular complexity index is 625. The molecule has 0 saturated heterocycles. The monoisotopic (exact) mass is 375 g/mol. The van der Waals surface area contributed by atoms with Gasteiger partial charge in [0, 0.05) is 25.6 Å². The first-order valence-electron chi connectivity index (χ1n) is 9.57. The maximum absolute atomic E-state index is 11.9. The molecule has 3 amide bonds. The molecule has 3 N–H and O–H groups in total. The molecule has 1 aliphatic carbocycles. The lowest BCUT2D eigenvalue weighted by molar-refractivity contribution is -0.121. The molecule has 0 bridgehead atoms. The maximum Gasteiger partial charge on any atom is 0.337 e. The molecule has 0 heterocycles. The molecule has 148 valence electrons. The summed E-state index contributed by atoms with van der Waals surface area (Å²) in [5.74, 6) is -0.452. The fourth-order valence-electron chi connectivity index (χ4n) is 3.10. The van der Waals surface area contributed by atoms with Gasteiger partial charge in [0.1, 0.15) is 0 Å². The first kappa shape index (κ1) is 20.7. The van der Waals surface area contributed by atoms with Crippen LogP contribution in [0, 0.1) is 0 Å². The first-order chi connectivity index (χ1) is 13.1. The van der Waals surface area contributed by atoms with E-state index in [1.807, 2.05) is 0 Å². The molecule has 27 heavy (non-hydrogen) atoms. The van der Waals surface area contributed by atoms with Gasteiger partial charge in [-0.25, -0.2) is 9.59 Å². The van der Waals surface area contributed by atoms with Crippen molar-refractivity contribution in [1.82, 2.24) is 16.0 Å². The quantitative estimate of drug-likeness (QED) is 0.480. The molecule has 0 aromatic heterocycles. The zero-order valence-electron chi connectivity index (χ0n) is 15.9. The predicted molar refractivity (Wildman–Crippen MR) is 102 cm³/mol. The van der Waals surface area contributed by atoms with Crippen molar-refractivity contribution in [2.24, 2.45) is 0 Å². The van der Waals surface area contributed by atoms with E-state index in [0.29, 0.717) is 31.5 Å². The van der Waals surface area contributed by atoms with E-state index < -0.39 is 0 Å². The van der Waals surface area contributed by atoms with Crippen molar-refractivity contribution in [3.05, 3.63) is 35.4 Å². The van der Waals surface area contributed by atoms with E-state index in [0.717, 1.165) is 18.4 Å². The number of hydrogen-bond acceptors (Lipinski definition) is 4. The molecule has 1 aromatic rings. The summed E-state index contributed by atoms with van der Waals surface area (Å²) in [5.41, 5.74) is 1.38. The van der Waals surface area contributed by atoms with Gasteiger partial charge in [-0.1, -0.05) is 31.4 Å². The Morgan fingerprint density at radius 1 is 1.04 bits per heavy atom. The number of benzene rings is 1. The van der Waals surface area contributed by atoms with E-state index in [1.54, 1.807) is 24.3 Å². The molecule has 0 spiro atoms. The van der Waals surface area contributed by atoms with Gasteiger partial charge in [0.05, 0.1) is 12.7 Å². The molecular weight excluding hydrogens is 346 g/mol. The molecule has 1 fully saturated rings. The Morgan fingerprint density at radius 3 is 2.41 bits per heavy atom. The van der Waals surface area contributed by atoms with Crippen LogP contribution in [-0.2, 0) is 16.1 Å². The van der Waals surface area contributed by atoms with Gasteiger partial charge in [-0.05, 0) is 37.0 Å². The third-order valence-electron chi connectivity index (χ3n) is 4.67. The van der Waals surface area contributed by atoms with Crippen LogP contribution in [0.3, 0.4) is 0 Å². The zero-order valence-corrected chi connectivity index (χ0v) is 15.9. The highest BCUT2D eigenvalue weighted by Crippen LogP contribution is 2.17. The summed E-state index contributed by atoms with van der Waals surface area (Å²) >= 11 is 0. The van der Waals surface area contributed by atoms with Gasteiger partial charge < -0.3 is 20.7 Å². The molecule has 2 rings (SSSR count). The zero-order chi connectivity index (χ0) is 19.5. The number of nitrogens with one attached hydrogen (secondary N) is 3. The summed E-state index contributed by atoms with van der Waals surface area (Å²) < 4.78 is 4.65.